The molecule has 1 aliphatic rings. The number of aromatic nitrogens is 2. The van der Waals surface area contributed by atoms with Gasteiger partial charge in [0.15, 0.2) is 0 Å². The van der Waals surface area contributed by atoms with Gasteiger partial charge in [-0.1, -0.05) is 0 Å². The molecule has 136 valence electrons. The summed E-state index contributed by atoms with van der Waals surface area (Å²) in [5, 5.41) is 28.7. The number of rotatable bonds is 6. The average Bonchev–Trinajstić information content (AvgIpc) is 2.75. The van der Waals surface area contributed by atoms with Crippen molar-refractivity contribution in [2.45, 2.75) is 24.9 Å². The van der Waals surface area contributed by atoms with Crippen LogP contribution in [-0.4, -0.2) is 43.3 Å². The number of nitrogens with zero attached hydrogens (tertiary/aromatic N) is 2. The molecule has 1 aromatic heterocycles. The first-order chi connectivity index (χ1) is 11.0. The Morgan fingerprint density at radius 2 is 2.04 bits per heavy atom. The Morgan fingerprint density at radius 1 is 1.42 bits per heavy atom. The van der Waals surface area contributed by atoms with Crippen LogP contribution in [0.15, 0.2) is 12.3 Å². The van der Waals surface area contributed by atoms with Gasteiger partial charge >= 0.3 is 66.9 Å². The maximum absolute atomic E-state index is 11.7. The third kappa shape index (κ3) is 8.08. The van der Waals surface area contributed by atoms with Crippen molar-refractivity contribution in [2.24, 2.45) is 0 Å². The van der Waals surface area contributed by atoms with E-state index in [4.69, 9.17) is 19.9 Å². The molecule has 5 atom stereocenters. The van der Waals surface area contributed by atoms with Crippen molar-refractivity contribution < 1.29 is 107 Å². The summed E-state index contributed by atoms with van der Waals surface area (Å²) in [6.45, 7) is -0.746. The van der Waals surface area contributed by atoms with Crippen LogP contribution < -0.4 is 74.6 Å². The van der Waals surface area contributed by atoms with E-state index in [2.05, 4.69) is 13.8 Å². The molecular formula is C9H13N3Na2O10P2. The van der Waals surface area contributed by atoms with Crippen LogP contribution in [0.2, 0.25) is 0 Å². The molecule has 0 aliphatic carbocycles. The largest absolute Gasteiger partial charge is 1.00 e. The number of aliphatic hydroxyl groups is 1. The second-order valence-corrected chi connectivity index (χ2v) is 7.54. The Hall–Kier alpha value is 0.860. The van der Waals surface area contributed by atoms with E-state index >= 15 is 0 Å². The molecule has 4 N–H and O–H groups in total. The normalized spacial score (nSPS) is 26.8. The molecule has 0 amide bonds. The zero-order chi connectivity index (χ0) is 18.1. The maximum atomic E-state index is 11.7. The van der Waals surface area contributed by atoms with Gasteiger partial charge in [0.25, 0.3) is 7.82 Å². The third-order valence-corrected chi connectivity index (χ3v) is 5.08. The molecule has 2 heterocycles. The number of ether oxygens (including phenoxy) is 1. The number of phosphoric acid groups is 2. The quantitative estimate of drug-likeness (QED) is 0.245. The topological polar surface area (TPSA) is 210 Å². The maximum Gasteiger partial charge on any atom is 1.00 e. The summed E-state index contributed by atoms with van der Waals surface area (Å²) in [7, 11) is -10.6. The molecule has 0 saturated carbocycles. The van der Waals surface area contributed by atoms with Gasteiger partial charge in [-0.05, 0) is 6.07 Å². The van der Waals surface area contributed by atoms with Crippen molar-refractivity contribution in [1.29, 1.82) is 5.41 Å². The minimum atomic E-state index is -5.50. The predicted molar refractivity (Wildman–Crippen MR) is 68.7 cm³/mol. The van der Waals surface area contributed by atoms with Crippen LogP contribution in [0.3, 0.4) is 0 Å². The van der Waals surface area contributed by atoms with Gasteiger partial charge in [0, 0.05) is 12.6 Å². The molecule has 1 fully saturated rings. The van der Waals surface area contributed by atoms with Gasteiger partial charge in [-0.3, -0.25) is 14.5 Å². The molecule has 2 unspecified atom stereocenters. The monoisotopic (exact) mass is 431 g/mol. The molecule has 0 aromatic carbocycles. The van der Waals surface area contributed by atoms with Gasteiger partial charge in [-0.25, -0.2) is 13.9 Å². The van der Waals surface area contributed by atoms with E-state index in [9.17, 15) is 24.2 Å². The van der Waals surface area contributed by atoms with E-state index in [-0.39, 0.29) is 71.0 Å². The van der Waals surface area contributed by atoms with Crippen LogP contribution >= 0.6 is 15.6 Å². The minimum absolute atomic E-state index is 0. The van der Waals surface area contributed by atoms with Crippen molar-refractivity contribution in [2.75, 3.05) is 6.61 Å². The van der Waals surface area contributed by atoms with Crippen LogP contribution in [0, 0.1) is 5.41 Å². The second-order valence-electron chi connectivity index (χ2n) is 4.75. The molecule has 0 radical (unpaired) electrons. The molecule has 0 bridgehead atoms. The van der Waals surface area contributed by atoms with E-state index in [1.165, 1.54) is 12.3 Å². The molecule has 1 aromatic rings. The first-order valence-corrected chi connectivity index (χ1v) is 9.33. The Kier molecular flexibility index (Phi) is 10.9. The summed E-state index contributed by atoms with van der Waals surface area (Å²) in [5.41, 5.74) is -0.251. The van der Waals surface area contributed by atoms with Gasteiger partial charge in [-0.2, -0.15) is 0 Å². The number of hydrogen-bond donors (Lipinski definition) is 4. The fourth-order valence-electron chi connectivity index (χ4n) is 1.99. The Bertz CT molecular complexity index is 758. The van der Waals surface area contributed by atoms with Crippen molar-refractivity contribution in [1.82, 2.24) is 9.55 Å². The van der Waals surface area contributed by atoms with E-state index < -0.39 is 46.7 Å². The van der Waals surface area contributed by atoms with Crippen molar-refractivity contribution in [3.05, 3.63) is 17.8 Å². The molecule has 2 rings (SSSR count). The van der Waals surface area contributed by atoms with Crippen LogP contribution in [0.5, 0.6) is 6.01 Å². The number of nitrogens with one attached hydrogen (secondary N) is 1. The van der Waals surface area contributed by atoms with E-state index in [0.717, 1.165) is 4.57 Å². The smallest absolute Gasteiger partial charge is 0.846 e. The fraction of sp³-hybridized carbons (Fsp3) is 0.556. The number of phosphoric ester groups is 1. The molecule has 26 heavy (non-hydrogen) atoms. The van der Waals surface area contributed by atoms with Gasteiger partial charge in [-0.15, -0.1) is 0 Å². The van der Waals surface area contributed by atoms with Gasteiger partial charge < -0.3 is 34.2 Å². The summed E-state index contributed by atoms with van der Waals surface area (Å²) in [6.07, 6.45) is -2.18. The van der Waals surface area contributed by atoms with Gasteiger partial charge in [0.2, 0.25) is 0 Å². The first-order valence-electron chi connectivity index (χ1n) is 6.34. The zero-order valence-corrected chi connectivity index (χ0v) is 19.6. The Balaban J connectivity index is 0.00000312. The number of hydrogen-bond acceptors (Lipinski definition) is 10. The standard InChI is InChI=1S/C9H15N3O10P2.2Na/c10-7-1-2-12(9(14)11-7)8-3-5(13)6(21-8)4-20-24(18,19)22-23(15,16)17;;/h1-2,5-6,8,13H,3-4H2,(H,18,19)(H2,10,11,14)(H2,15,16,17);;/q;2*+1/p-2/t5-,6+,8+;;/m0../s1. The van der Waals surface area contributed by atoms with Crippen LogP contribution in [0.25, 0.3) is 0 Å². The molecule has 0 spiro atoms. The molecule has 1 aliphatic heterocycles. The summed E-state index contributed by atoms with van der Waals surface area (Å²) < 4.78 is 35.8. The summed E-state index contributed by atoms with van der Waals surface area (Å²) in [6, 6.07) is 0.439. The van der Waals surface area contributed by atoms with Crippen molar-refractivity contribution in [3.8, 4) is 6.01 Å². The van der Waals surface area contributed by atoms with Crippen molar-refractivity contribution in [3.63, 3.8) is 0 Å². The Morgan fingerprint density at radius 3 is 2.58 bits per heavy atom. The molecule has 13 nitrogen and oxygen atoms in total. The first kappa shape index (κ1) is 26.9. The SMILES string of the molecule is N=c1ccn([C@H]2C[C@H](O)[C@@H](COP(=O)(O)OP(=O)([O-])O)O2)c([O-])n1.[Na+].[Na+]. The Labute approximate surface area is 191 Å². The van der Waals surface area contributed by atoms with Crippen LogP contribution in [0.4, 0.5) is 0 Å². The van der Waals surface area contributed by atoms with E-state index in [0.29, 0.717) is 0 Å². The third-order valence-electron chi connectivity index (χ3n) is 2.95. The molecular weight excluding hydrogens is 418 g/mol. The van der Waals surface area contributed by atoms with Crippen LogP contribution in [-0.2, 0) is 22.7 Å². The summed E-state index contributed by atoms with van der Waals surface area (Å²) in [5.74, 6) is 0. The molecule has 1 saturated heterocycles. The van der Waals surface area contributed by atoms with Gasteiger partial charge in [0.1, 0.15) is 17.8 Å². The van der Waals surface area contributed by atoms with Crippen LogP contribution in [0.1, 0.15) is 12.6 Å². The second kappa shape index (κ2) is 10.6. The van der Waals surface area contributed by atoms with E-state index in [1.54, 1.807) is 0 Å². The predicted octanol–water partition coefficient (Wildman–Crippen LogP) is -8.31. The van der Waals surface area contributed by atoms with Crippen molar-refractivity contribution >= 4 is 15.6 Å². The molecule has 17 heteroatoms. The average molecular weight is 431 g/mol. The number of aliphatic hydroxyl groups excluding tert-OH is 1. The summed E-state index contributed by atoms with van der Waals surface area (Å²) >= 11 is 0. The van der Waals surface area contributed by atoms with Gasteiger partial charge in [0.05, 0.1) is 18.7 Å². The fourth-order valence-corrected chi connectivity index (χ4v) is 3.56. The summed E-state index contributed by atoms with van der Waals surface area (Å²) in [4.78, 5) is 31.3. The minimum Gasteiger partial charge on any atom is -0.846 e. The zero-order valence-electron chi connectivity index (χ0n) is 13.8. The van der Waals surface area contributed by atoms with E-state index in [1.807, 2.05) is 0 Å².